The molecule has 0 spiro atoms. The first kappa shape index (κ1) is 19.4. The van der Waals surface area contributed by atoms with Crippen LogP contribution < -0.4 is 10.1 Å². The van der Waals surface area contributed by atoms with E-state index in [2.05, 4.69) is 10.2 Å². The van der Waals surface area contributed by atoms with E-state index < -0.39 is 0 Å². The number of carbonyl (C=O) groups is 3. The summed E-state index contributed by atoms with van der Waals surface area (Å²) in [6.07, 6.45) is 2.95. The molecule has 2 aliphatic heterocycles. The second-order valence-electron chi connectivity index (χ2n) is 6.99. The van der Waals surface area contributed by atoms with Crippen LogP contribution in [0.5, 0.6) is 5.75 Å². The number of para-hydroxylation sites is 1. The van der Waals surface area contributed by atoms with E-state index in [9.17, 15) is 14.4 Å². The number of ether oxygens (including phenoxy) is 1. The maximum atomic E-state index is 12.3. The highest BCUT2D eigenvalue weighted by atomic mass is 16.5. The zero-order valence-electron chi connectivity index (χ0n) is 15.8. The summed E-state index contributed by atoms with van der Waals surface area (Å²) in [6.45, 7) is 2.62. The predicted octanol–water partition coefficient (Wildman–Crippen LogP) is 1.49. The largest absolute Gasteiger partial charge is 0.496 e. The lowest BCUT2D eigenvalue weighted by molar-refractivity contribution is -0.138. The predicted molar refractivity (Wildman–Crippen MR) is 100 cm³/mol. The van der Waals surface area contributed by atoms with Crippen molar-refractivity contribution < 1.29 is 19.1 Å². The fraction of sp³-hybridized carbons (Fsp3) is 0.550. The number of rotatable bonds is 8. The first-order chi connectivity index (χ1) is 13.1. The van der Waals surface area contributed by atoms with Gasteiger partial charge in [-0.2, -0.15) is 0 Å². The van der Waals surface area contributed by atoms with E-state index in [-0.39, 0.29) is 49.6 Å². The normalized spacial score (nSPS) is 18.8. The third-order valence-electron chi connectivity index (χ3n) is 5.29. The van der Waals surface area contributed by atoms with Crippen molar-refractivity contribution >= 4 is 17.7 Å². The molecule has 0 saturated carbocycles. The summed E-state index contributed by atoms with van der Waals surface area (Å²) in [4.78, 5) is 39.2. The zero-order valence-corrected chi connectivity index (χ0v) is 15.8. The van der Waals surface area contributed by atoms with Crippen LogP contribution in [-0.4, -0.2) is 60.8 Å². The second kappa shape index (κ2) is 8.99. The number of likely N-dealkylation sites (tertiary alicyclic amines) is 2. The molecule has 0 bridgehead atoms. The molecule has 0 aliphatic carbocycles. The molecule has 146 valence electrons. The number of carbonyl (C=O) groups excluding carboxylic acids is 3. The van der Waals surface area contributed by atoms with Crippen molar-refractivity contribution in [3.05, 3.63) is 29.8 Å². The number of nitrogens with zero attached hydrogens (tertiary/aromatic N) is 2. The van der Waals surface area contributed by atoms with Crippen molar-refractivity contribution in [3.8, 4) is 5.75 Å². The Labute approximate surface area is 159 Å². The lowest BCUT2D eigenvalue weighted by atomic mass is 10.0. The quantitative estimate of drug-likeness (QED) is 0.699. The van der Waals surface area contributed by atoms with Crippen LogP contribution in [0, 0.1) is 0 Å². The van der Waals surface area contributed by atoms with E-state index >= 15 is 0 Å². The van der Waals surface area contributed by atoms with Crippen LogP contribution in [0.4, 0.5) is 0 Å². The van der Waals surface area contributed by atoms with Crippen molar-refractivity contribution in [2.45, 2.75) is 38.1 Å². The first-order valence-corrected chi connectivity index (χ1v) is 9.57. The van der Waals surface area contributed by atoms with Crippen molar-refractivity contribution in [2.24, 2.45) is 0 Å². The summed E-state index contributed by atoms with van der Waals surface area (Å²) in [5.74, 6) is 0.298. The summed E-state index contributed by atoms with van der Waals surface area (Å²) in [5.41, 5.74) is 1.06. The molecule has 2 aliphatic rings. The molecule has 27 heavy (non-hydrogen) atoms. The lowest BCUT2D eigenvalue weighted by Gasteiger charge is -2.29. The Hall–Kier alpha value is -2.41. The van der Waals surface area contributed by atoms with Crippen LogP contribution >= 0.6 is 0 Å². The van der Waals surface area contributed by atoms with Crippen LogP contribution in [-0.2, 0) is 14.4 Å². The Kier molecular flexibility index (Phi) is 6.45. The van der Waals surface area contributed by atoms with Gasteiger partial charge in [0.2, 0.25) is 17.7 Å². The van der Waals surface area contributed by atoms with Gasteiger partial charge in [-0.15, -0.1) is 0 Å². The van der Waals surface area contributed by atoms with Gasteiger partial charge in [0.15, 0.2) is 0 Å². The third-order valence-corrected chi connectivity index (χ3v) is 5.29. The molecule has 2 saturated heterocycles. The van der Waals surface area contributed by atoms with Crippen molar-refractivity contribution in [2.75, 3.05) is 33.3 Å². The SMILES string of the molecule is COc1ccccc1[C@@H](CNC(=O)CCN1C(=O)CCC1=O)N1CCCC1. The van der Waals surface area contributed by atoms with Crippen LogP contribution in [0.15, 0.2) is 24.3 Å². The van der Waals surface area contributed by atoms with E-state index in [1.165, 1.54) is 4.90 Å². The van der Waals surface area contributed by atoms with Crippen LogP contribution in [0.1, 0.15) is 43.7 Å². The molecular weight excluding hydrogens is 346 g/mol. The van der Waals surface area contributed by atoms with E-state index in [0.29, 0.717) is 6.54 Å². The summed E-state index contributed by atoms with van der Waals surface area (Å²) in [6, 6.07) is 7.93. The summed E-state index contributed by atoms with van der Waals surface area (Å²) in [5, 5.41) is 2.98. The fourth-order valence-corrected chi connectivity index (χ4v) is 3.82. The molecule has 1 aromatic rings. The van der Waals surface area contributed by atoms with E-state index in [1.54, 1.807) is 7.11 Å². The Bertz CT molecular complexity index is 684. The molecule has 0 aromatic heterocycles. The molecule has 3 rings (SSSR count). The highest BCUT2D eigenvalue weighted by Gasteiger charge is 2.29. The molecule has 7 nitrogen and oxygen atoms in total. The number of benzene rings is 1. The Morgan fingerprint density at radius 2 is 1.81 bits per heavy atom. The number of hydrogen-bond donors (Lipinski definition) is 1. The van der Waals surface area contributed by atoms with Crippen LogP contribution in [0.25, 0.3) is 0 Å². The van der Waals surface area contributed by atoms with E-state index in [0.717, 1.165) is 37.2 Å². The summed E-state index contributed by atoms with van der Waals surface area (Å²) < 4.78 is 5.51. The lowest BCUT2D eigenvalue weighted by Crippen LogP contribution is -2.39. The molecule has 3 amide bonds. The highest BCUT2D eigenvalue weighted by Crippen LogP contribution is 2.31. The van der Waals surface area contributed by atoms with E-state index in [1.807, 2.05) is 24.3 Å². The average molecular weight is 373 g/mol. The number of amides is 3. The second-order valence-corrected chi connectivity index (χ2v) is 6.99. The maximum absolute atomic E-state index is 12.3. The summed E-state index contributed by atoms with van der Waals surface area (Å²) >= 11 is 0. The molecule has 1 N–H and O–H groups in total. The smallest absolute Gasteiger partial charge is 0.229 e. The van der Waals surface area contributed by atoms with Gasteiger partial charge in [0.1, 0.15) is 5.75 Å². The molecule has 0 unspecified atom stereocenters. The first-order valence-electron chi connectivity index (χ1n) is 9.57. The van der Waals surface area contributed by atoms with Gasteiger partial charge < -0.3 is 10.1 Å². The van der Waals surface area contributed by atoms with Gasteiger partial charge in [-0.1, -0.05) is 18.2 Å². The van der Waals surface area contributed by atoms with Gasteiger partial charge in [0.05, 0.1) is 13.2 Å². The Morgan fingerprint density at radius 1 is 1.15 bits per heavy atom. The fourth-order valence-electron chi connectivity index (χ4n) is 3.82. The van der Waals surface area contributed by atoms with Crippen molar-refractivity contribution in [1.82, 2.24) is 15.1 Å². The van der Waals surface area contributed by atoms with Crippen LogP contribution in [0.3, 0.4) is 0 Å². The van der Waals surface area contributed by atoms with Crippen molar-refractivity contribution in [1.29, 1.82) is 0 Å². The van der Waals surface area contributed by atoms with Crippen LogP contribution in [0.2, 0.25) is 0 Å². The van der Waals surface area contributed by atoms with Gasteiger partial charge in [-0.05, 0) is 32.0 Å². The monoisotopic (exact) mass is 373 g/mol. The molecule has 1 atom stereocenters. The number of hydrogen-bond acceptors (Lipinski definition) is 5. The van der Waals surface area contributed by atoms with Gasteiger partial charge in [-0.25, -0.2) is 0 Å². The topological polar surface area (TPSA) is 79.0 Å². The maximum Gasteiger partial charge on any atom is 0.229 e. The van der Waals surface area contributed by atoms with Gasteiger partial charge in [0.25, 0.3) is 0 Å². The number of nitrogens with one attached hydrogen (secondary N) is 1. The van der Waals surface area contributed by atoms with Gasteiger partial charge >= 0.3 is 0 Å². The molecular formula is C20H27N3O4. The highest BCUT2D eigenvalue weighted by molar-refractivity contribution is 6.02. The Morgan fingerprint density at radius 3 is 2.48 bits per heavy atom. The van der Waals surface area contributed by atoms with E-state index in [4.69, 9.17) is 4.74 Å². The molecule has 0 radical (unpaired) electrons. The number of methoxy groups -OCH3 is 1. The van der Waals surface area contributed by atoms with Crippen molar-refractivity contribution in [3.63, 3.8) is 0 Å². The zero-order chi connectivity index (χ0) is 19.2. The minimum atomic E-state index is -0.184. The number of imide groups is 1. The molecule has 1 aromatic carbocycles. The molecule has 2 heterocycles. The Balaban J connectivity index is 1.60. The minimum absolute atomic E-state index is 0.0441. The minimum Gasteiger partial charge on any atom is -0.496 e. The van der Waals surface area contributed by atoms with Gasteiger partial charge in [0, 0.05) is 37.9 Å². The molecule has 2 fully saturated rings. The van der Waals surface area contributed by atoms with Gasteiger partial charge in [-0.3, -0.25) is 24.2 Å². The standard InChI is InChI=1S/C20H27N3O4/c1-27-17-7-3-2-6-15(17)16(22-11-4-5-12-22)14-21-18(24)10-13-23-19(25)8-9-20(23)26/h2-3,6-7,16H,4-5,8-14H2,1H3,(H,21,24)/t16-/m1/s1. The summed E-state index contributed by atoms with van der Waals surface area (Å²) in [7, 11) is 1.66. The molecule has 7 heteroatoms. The average Bonchev–Trinajstić information content (AvgIpc) is 3.31. The third kappa shape index (κ3) is 4.66.